The first kappa shape index (κ1) is 13.1. The van der Waals surface area contributed by atoms with Crippen LogP contribution in [0.4, 0.5) is 0 Å². The normalized spacial score (nSPS) is 14.6. The molecule has 2 heteroatoms. The predicted molar refractivity (Wildman–Crippen MR) is 74.6 cm³/mol. The van der Waals surface area contributed by atoms with Crippen LogP contribution in [0, 0.1) is 0 Å². The lowest BCUT2D eigenvalue weighted by Gasteiger charge is -2.21. The summed E-state index contributed by atoms with van der Waals surface area (Å²) in [6, 6.07) is 8.94. The van der Waals surface area contributed by atoms with Crippen molar-refractivity contribution in [2.75, 3.05) is 6.54 Å². The van der Waals surface area contributed by atoms with Crippen LogP contribution in [-0.4, -0.2) is 23.4 Å². The van der Waals surface area contributed by atoms with Crippen LogP contribution in [0.1, 0.15) is 44.2 Å². The molecule has 1 aromatic rings. The Morgan fingerprint density at radius 3 is 2.61 bits per heavy atom. The molecule has 0 atom stereocenters. The van der Waals surface area contributed by atoms with E-state index in [-0.39, 0.29) is 0 Å². The van der Waals surface area contributed by atoms with Crippen molar-refractivity contribution in [2.24, 2.45) is 0 Å². The Hall–Kier alpha value is -1.31. The van der Waals surface area contributed by atoms with Crippen LogP contribution < -0.4 is 0 Å². The van der Waals surface area contributed by atoms with Crippen molar-refractivity contribution in [1.82, 2.24) is 4.90 Å². The molecule has 1 aliphatic rings. The minimum atomic E-state index is 0.299. The topological polar surface area (TPSA) is 20.3 Å². The van der Waals surface area contributed by atoms with Gasteiger partial charge in [-0.2, -0.15) is 0 Å². The second-order valence-electron chi connectivity index (χ2n) is 5.17. The van der Waals surface area contributed by atoms with Crippen LogP contribution in [0.25, 0.3) is 0 Å². The molecule has 0 spiro atoms. The van der Waals surface area contributed by atoms with Crippen molar-refractivity contribution in [2.45, 2.75) is 52.0 Å². The van der Waals surface area contributed by atoms with Crippen molar-refractivity contribution in [3.8, 4) is 0 Å². The zero-order valence-corrected chi connectivity index (χ0v) is 11.5. The summed E-state index contributed by atoms with van der Waals surface area (Å²) in [6.45, 7) is 5.20. The van der Waals surface area contributed by atoms with Gasteiger partial charge in [-0.1, -0.05) is 38.1 Å². The Labute approximate surface area is 110 Å². The van der Waals surface area contributed by atoms with Gasteiger partial charge in [-0.05, 0) is 36.8 Å². The zero-order chi connectivity index (χ0) is 13.0. The first-order valence-electron chi connectivity index (χ1n) is 7.11. The van der Waals surface area contributed by atoms with Gasteiger partial charge in [0.2, 0.25) is 5.91 Å². The van der Waals surface area contributed by atoms with Crippen molar-refractivity contribution in [1.29, 1.82) is 0 Å². The highest BCUT2D eigenvalue weighted by molar-refractivity contribution is 5.79. The molecular weight excluding hydrogens is 222 g/mol. The number of hydrogen-bond donors (Lipinski definition) is 0. The van der Waals surface area contributed by atoms with E-state index in [9.17, 15) is 4.79 Å². The Bertz CT molecular complexity index is 409. The average Bonchev–Trinajstić information content (AvgIpc) is 3.20. The molecule has 0 unspecified atom stereocenters. The molecule has 0 aliphatic heterocycles. The SMILES string of the molecule is CCCN(C(=O)Cc1cccc(CC)c1)C1CC1. The maximum Gasteiger partial charge on any atom is 0.227 e. The van der Waals surface area contributed by atoms with E-state index in [0.29, 0.717) is 18.4 Å². The lowest BCUT2D eigenvalue weighted by molar-refractivity contribution is -0.131. The van der Waals surface area contributed by atoms with Crippen molar-refractivity contribution >= 4 is 5.91 Å². The van der Waals surface area contributed by atoms with Crippen LogP contribution in [0.3, 0.4) is 0 Å². The third-order valence-electron chi connectivity index (χ3n) is 3.53. The highest BCUT2D eigenvalue weighted by Crippen LogP contribution is 2.27. The summed E-state index contributed by atoms with van der Waals surface area (Å²) in [5.74, 6) is 0.299. The van der Waals surface area contributed by atoms with Crippen LogP contribution in [0.2, 0.25) is 0 Å². The number of aryl methyl sites for hydroxylation is 1. The minimum Gasteiger partial charge on any atom is -0.339 e. The summed E-state index contributed by atoms with van der Waals surface area (Å²) in [5, 5.41) is 0. The van der Waals surface area contributed by atoms with E-state index >= 15 is 0 Å². The molecule has 0 aromatic heterocycles. The van der Waals surface area contributed by atoms with Gasteiger partial charge < -0.3 is 4.90 Å². The Morgan fingerprint density at radius 1 is 1.28 bits per heavy atom. The third-order valence-corrected chi connectivity index (χ3v) is 3.53. The molecule has 1 aliphatic carbocycles. The molecule has 1 amide bonds. The molecule has 2 nitrogen and oxygen atoms in total. The molecule has 98 valence electrons. The highest BCUT2D eigenvalue weighted by Gasteiger charge is 2.31. The van der Waals surface area contributed by atoms with E-state index in [4.69, 9.17) is 0 Å². The van der Waals surface area contributed by atoms with Crippen molar-refractivity contribution in [3.63, 3.8) is 0 Å². The smallest absolute Gasteiger partial charge is 0.227 e. The zero-order valence-electron chi connectivity index (χ0n) is 11.5. The monoisotopic (exact) mass is 245 g/mol. The number of carbonyl (C=O) groups excluding carboxylic acids is 1. The molecule has 18 heavy (non-hydrogen) atoms. The molecule has 0 N–H and O–H groups in total. The van der Waals surface area contributed by atoms with E-state index in [1.54, 1.807) is 0 Å². The Balaban J connectivity index is 2.00. The van der Waals surface area contributed by atoms with Crippen molar-refractivity contribution < 1.29 is 4.79 Å². The van der Waals surface area contributed by atoms with Crippen LogP contribution in [0.5, 0.6) is 0 Å². The van der Waals surface area contributed by atoms with Crippen LogP contribution >= 0.6 is 0 Å². The summed E-state index contributed by atoms with van der Waals surface area (Å²) in [5.41, 5.74) is 2.47. The largest absolute Gasteiger partial charge is 0.339 e. The van der Waals surface area contributed by atoms with Gasteiger partial charge in [-0.15, -0.1) is 0 Å². The van der Waals surface area contributed by atoms with Gasteiger partial charge in [-0.3, -0.25) is 4.79 Å². The van der Waals surface area contributed by atoms with E-state index in [0.717, 1.165) is 24.9 Å². The van der Waals surface area contributed by atoms with E-state index < -0.39 is 0 Å². The molecule has 0 bridgehead atoms. The van der Waals surface area contributed by atoms with Gasteiger partial charge in [0.15, 0.2) is 0 Å². The molecule has 0 radical (unpaired) electrons. The summed E-state index contributed by atoms with van der Waals surface area (Å²) in [6.07, 6.45) is 5.03. The number of benzene rings is 1. The summed E-state index contributed by atoms with van der Waals surface area (Å²) >= 11 is 0. The Kier molecular flexibility index (Phi) is 4.40. The number of amides is 1. The quantitative estimate of drug-likeness (QED) is 0.753. The molecule has 2 rings (SSSR count). The minimum absolute atomic E-state index is 0.299. The second-order valence-corrected chi connectivity index (χ2v) is 5.17. The van der Waals surface area contributed by atoms with Gasteiger partial charge in [0.05, 0.1) is 6.42 Å². The second kappa shape index (κ2) is 6.03. The lowest BCUT2D eigenvalue weighted by atomic mass is 10.1. The molecule has 1 aromatic carbocycles. The summed E-state index contributed by atoms with van der Waals surface area (Å²) < 4.78 is 0. The maximum absolute atomic E-state index is 12.3. The van der Waals surface area contributed by atoms with Gasteiger partial charge in [-0.25, -0.2) is 0 Å². The van der Waals surface area contributed by atoms with Crippen LogP contribution in [-0.2, 0) is 17.6 Å². The summed E-state index contributed by atoms with van der Waals surface area (Å²) in [4.78, 5) is 14.4. The average molecular weight is 245 g/mol. The summed E-state index contributed by atoms with van der Waals surface area (Å²) in [7, 11) is 0. The third kappa shape index (κ3) is 3.34. The van der Waals surface area contributed by atoms with E-state index in [1.807, 2.05) is 0 Å². The molecule has 0 heterocycles. The number of rotatable bonds is 6. The Morgan fingerprint density at radius 2 is 2.00 bits per heavy atom. The fourth-order valence-corrected chi connectivity index (χ4v) is 2.37. The lowest BCUT2D eigenvalue weighted by Crippen LogP contribution is -2.34. The maximum atomic E-state index is 12.3. The van der Waals surface area contributed by atoms with Gasteiger partial charge in [0, 0.05) is 12.6 Å². The first-order valence-corrected chi connectivity index (χ1v) is 7.11. The highest BCUT2D eigenvalue weighted by atomic mass is 16.2. The van der Waals surface area contributed by atoms with Gasteiger partial charge in [0.1, 0.15) is 0 Å². The van der Waals surface area contributed by atoms with Gasteiger partial charge >= 0.3 is 0 Å². The first-order chi connectivity index (χ1) is 8.74. The fourth-order valence-electron chi connectivity index (χ4n) is 2.37. The number of nitrogens with zero attached hydrogens (tertiary/aromatic N) is 1. The van der Waals surface area contributed by atoms with Gasteiger partial charge in [0.25, 0.3) is 0 Å². The number of hydrogen-bond acceptors (Lipinski definition) is 1. The number of carbonyl (C=O) groups is 1. The molecule has 1 fully saturated rings. The molecular formula is C16H23NO. The standard InChI is InChI=1S/C16H23NO/c1-3-10-17(15-8-9-15)16(18)12-14-7-5-6-13(4-2)11-14/h5-7,11,15H,3-4,8-10,12H2,1-2H3. The molecule has 1 saturated carbocycles. The van der Waals surface area contributed by atoms with Crippen molar-refractivity contribution in [3.05, 3.63) is 35.4 Å². The van der Waals surface area contributed by atoms with E-state index in [1.165, 1.54) is 18.4 Å². The van der Waals surface area contributed by atoms with Crippen LogP contribution in [0.15, 0.2) is 24.3 Å². The fraction of sp³-hybridized carbons (Fsp3) is 0.562. The predicted octanol–water partition coefficient (Wildman–Crippen LogP) is 3.19. The molecule has 0 saturated heterocycles. The van der Waals surface area contributed by atoms with E-state index in [2.05, 4.69) is 43.0 Å².